The van der Waals surface area contributed by atoms with Crippen molar-refractivity contribution in [3.8, 4) is 5.69 Å². The van der Waals surface area contributed by atoms with Gasteiger partial charge < -0.3 is 10.1 Å². The van der Waals surface area contributed by atoms with Gasteiger partial charge >= 0.3 is 0 Å². The summed E-state index contributed by atoms with van der Waals surface area (Å²) in [7, 11) is 0. The molecule has 1 atom stereocenters. The zero-order valence-corrected chi connectivity index (χ0v) is 16.3. The van der Waals surface area contributed by atoms with Crippen LogP contribution in [0.3, 0.4) is 0 Å². The molecular formula is C22H23FN4O2. The Morgan fingerprint density at radius 3 is 2.97 bits per heavy atom. The molecule has 3 heterocycles. The van der Waals surface area contributed by atoms with Crippen LogP contribution in [0, 0.1) is 12.7 Å². The fraction of sp³-hybridized carbons (Fsp3) is 0.318. The van der Waals surface area contributed by atoms with E-state index < -0.39 is 0 Å². The number of rotatable bonds is 5. The van der Waals surface area contributed by atoms with Gasteiger partial charge in [-0.3, -0.25) is 9.78 Å². The van der Waals surface area contributed by atoms with Crippen LogP contribution in [0.15, 0.2) is 48.9 Å². The lowest BCUT2D eigenvalue weighted by atomic mass is 10.0. The van der Waals surface area contributed by atoms with E-state index in [9.17, 15) is 9.18 Å². The van der Waals surface area contributed by atoms with Gasteiger partial charge in [-0.25, -0.2) is 9.07 Å². The maximum absolute atomic E-state index is 14.7. The zero-order valence-electron chi connectivity index (χ0n) is 16.3. The number of hydrogen-bond acceptors (Lipinski definition) is 4. The summed E-state index contributed by atoms with van der Waals surface area (Å²) >= 11 is 0. The van der Waals surface area contributed by atoms with Gasteiger partial charge in [0.15, 0.2) is 0 Å². The Labute approximate surface area is 168 Å². The average Bonchev–Trinajstić information content (AvgIpc) is 3.26. The second-order valence-electron chi connectivity index (χ2n) is 7.29. The molecule has 1 aliphatic heterocycles. The van der Waals surface area contributed by atoms with E-state index in [0.717, 1.165) is 30.6 Å². The van der Waals surface area contributed by atoms with E-state index in [0.29, 0.717) is 30.0 Å². The Balaban J connectivity index is 1.51. The number of halogens is 1. The fourth-order valence-electron chi connectivity index (χ4n) is 3.44. The number of aryl methyl sites for hydroxylation is 1. The molecule has 1 fully saturated rings. The maximum atomic E-state index is 14.7. The quantitative estimate of drug-likeness (QED) is 0.722. The number of nitrogens with zero attached hydrogens (tertiary/aromatic N) is 3. The Morgan fingerprint density at radius 2 is 2.24 bits per heavy atom. The van der Waals surface area contributed by atoms with E-state index in [1.165, 1.54) is 6.07 Å². The second-order valence-corrected chi connectivity index (χ2v) is 7.29. The molecule has 3 aromatic rings. The summed E-state index contributed by atoms with van der Waals surface area (Å²) in [5.41, 5.74) is 3.35. The molecule has 29 heavy (non-hydrogen) atoms. The zero-order chi connectivity index (χ0) is 20.2. The van der Waals surface area contributed by atoms with Crippen LogP contribution in [0.1, 0.15) is 40.0 Å². The number of hydrogen-bond donors (Lipinski definition) is 1. The smallest absolute Gasteiger partial charge is 0.270 e. The fourth-order valence-corrected chi connectivity index (χ4v) is 3.44. The molecule has 7 heteroatoms. The molecular weight excluding hydrogens is 371 g/mol. The van der Waals surface area contributed by atoms with Gasteiger partial charge in [0.25, 0.3) is 5.91 Å². The van der Waals surface area contributed by atoms with Crippen LogP contribution in [-0.4, -0.2) is 39.9 Å². The monoisotopic (exact) mass is 394 g/mol. The van der Waals surface area contributed by atoms with Crippen LogP contribution < -0.4 is 5.32 Å². The Bertz CT molecular complexity index is 998. The van der Waals surface area contributed by atoms with Gasteiger partial charge in [-0.15, -0.1) is 0 Å². The first-order chi connectivity index (χ1) is 14.1. The van der Waals surface area contributed by atoms with E-state index in [2.05, 4.69) is 15.4 Å². The normalized spacial score (nSPS) is 16.6. The van der Waals surface area contributed by atoms with Gasteiger partial charge in [-0.05, 0) is 60.7 Å². The number of pyridine rings is 1. The topological polar surface area (TPSA) is 69.0 Å². The molecule has 1 aliphatic rings. The number of benzene rings is 1. The highest BCUT2D eigenvalue weighted by atomic mass is 19.1. The summed E-state index contributed by atoms with van der Waals surface area (Å²) in [4.78, 5) is 16.8. The minimum absolute atomic E-state index is 0.00934. The van der Waals surface area contributed by atoms with Crippen LogP contribution in [0.4, 0.5) is 4.39 Å². The molecule has 0 radical (unpaired) electrons. The molecule has 0 bridgehead atoms. The van der Waals surface area contributed by atoms with E-state index in [-0.39, 0.29) is 17.8 Å². The minimum atomic E-state index is -0.306. The molecule has 0 saturated carbocycles. The van der Waals surface area contributed by atoms with Gasteiger partial charge in [0.1, 0.15) is 11.5 Å². The van der Waals surface area contributed by atoms with Crippen LogP contribution in [-0.2, 0) is 11.2 Å². The molecule has 150 valence electrons. The third kappa shape index (κ3) is 4.51. The van der Waals surface area contributed by atoms with Gasteiger partial charge in [0.2, 0.25) is 0 Å². The van der Waals surface area contributed by atoms with Crippen LogP contribution in [0.2, 0.25) is 0 Å². The highest BCUT2D eigenvalue weighted by Crippen LogP contribution is 2.20. The highest BCUT2D eigenvalue weighted by Gasteiger charge is 2.19. The van der Waals surface area contributed by atoms with Crippen molar-refractivity contribution in [1.29, 1.82) is 0 Å². The molecule has 0 unspecified atom stereocenters. The number of aromatic nitrogens is 3. The lowest BCUT2D eigenvalue weighted by Gasteiger charge is -2.23. The summed E-state index contributed by atoms with van der Waals surface area (Å²) in [6.07, 6.45) is 7.30. The van der Waals surface area contributed by atoms with Crippen molar-refractivity contribution in [3.05, 3.63) is 77.1 Å². The van der Waals surface area contributed by atoms with Crippen molar-refractivity contribution in [2.45, 2.75) is 32.2 Å². The van der Waals surface area contributed by atoms with E-state index in [1.807, 2.05) is 13.0 Å². The Morgan fingerprint density at radius 1 is 1.34 bits per heavy atom. The molecule has 6 nitrogen and oxygen atoms in total. The summed E-state index contributed by atoms with van der Waals surface area (Å²) in [5, 5.41) is 7.09. The van der Waals surface area contributed by atoms with Gasteiger partial charge in [0, 0.05) is 31.6 Å². The number of amides is 1. The van der Waals surface area contributed by atoms with Crippen molar-refractivity contribution >= 4 is 5.91 Å². The first-order valence-electron chi connectivity index (χ1n) is 9.73. The molecule has 2 aromatic heterocycles. The predicted molar refractivity (Wildman–Crippen MR) is 107 cm³/mol. The SMILES string of the molecule is Cc1cnc(C(=O)N[C@@H]2CCCOC2)cc1Cc1ccc(-n2cccn2)cc1F. The lowest BCUT2D eigenvalue weighted by Crippen LogP contribution is -2.40. The molecule has 1 saturated heterocycles. The Hall–Kier alpha value is -3.06. The van der Waals surface area contributed by atoms with Crippen molar-refractivity contribution in [1.82, 2.24) is 20.1 Å². The lowest BCUT2D eigenvalue weighted by molar-refractivity contribution is 0.0622. The average molecular weight is 394 g/mol. The first-order valence-corrected chi connectivity index (χ1v) is 9.73. The maximum Gasteiger partial charge on any atom is 0.270 e. The predicted octanol–water partition coefficient (Wildman–Crippen LogP) is 3.21. The molecule has 1 N–H and O–H groups in total. The number of carbonyl (C=O) groups excluding carboxylic acids is 1. The van der Waals surface area contributed by atoms with Crippen LogP contribution in [0.5, 0.6) is 0 Å². The van der Waals surface area contributed by atoms with Crippen molar-refractivity contribution in [3.63, 3.8) is 0 Å². The second kappa shape index (κ2) is 8.53. The van der Waals surface area contributed by atoms with E-state index >= 15 is 0 Å². The van der Waals surface area contributed by atoms with Gasteiger partial charge in [-0.2, -0.15) is 5.10 Å². The van der Waals surface area contributed by atoms with Crippen molar-refractivity contribution in [2.24, 2.45) is 0 Å². The molecule has 0 spiro atoms. The van der Waals surface area contributed by atoms with Crippen molar-refractivity contribution in [2.75, 3.05) is 13.2 Å². The largest absolute Gasteiger partial charge is 0.379 e. The molecule has 0 aliphatic carbocycles. The summed E-state index contributed by atoms with van der Waals surface area (Å²) in [6.45, 7) is 3.18. The number of carbonyl (C=O) groups is 1. The summed E-state index contributed by atoms with van der Waals surface area (Å²) < 4.78 is 21.7. The number of ether oxygens (including phenoxy) is 1. The van der Waals surface area contributed by atoms with Crippen LogP contribution >= 0.6 is 0 Å². The highest BCUT2D eigenvalue weighted by molar-refractivity contribution is 5.92. The summed E-state index contributed by atoms with van der Waals surface area (Å²) in [5.74, 6) is -0.532. The summed E-state index contributed by atoms with van der Waals surface area (Å²) in [6, 6.07) is 8.60. The van der Waals surface area contributed by atoms with Gasteiger partial charge in [0.05, 0.1) is 18.3 Å². The van der Waals surface area contributed by atoms with Crippen molar-refractivity contribution < 1.29 is 13.9 Å². The molecule has 1 aromatic carbocycles. The third-order valence-corrected chi connectivity index (χ3v) is 5.13. The standard InChI is InChI=1S/C22H23FN4O2/c1-15-13-24-21(22(28)26-18-4-2-9-29-14-18)11-17(15)10-16-5-6-19(12-20(16)23)27-8-3-7-25-27/h3,5-8,11-13,18H,2,4,9-10,14H2,1H3,(H,26,28)/t18-/m1/s1. The van der Waals surface area contributed by atoms with E-state index in [1.54, 1.807) is 41.5 Å². The molecule has 1 amide bonds. The van der Waals surface area contributed by atoms with E-state index in [4.69, 9.17) is 4.74 Å². The van der Waals surface area contributed by atoms with Crippen LogP contribution in [0.25, 0.3) is 5.69 Å². The number of nitrogens with one attached hydrogen (secondary N) is 1. The molecule has 4 rings (SSSR count). The van der Waals surface area contributed by atoms with Gasteiger partial charge in [-0.1, -0.05) is 6.07 Å². The minimum Gasteiger partial charge on any atom is -0.379 e. The third-order valence-electron chi connectivity index (χ3n) is 5.13. The first kappa shape index (κ1) is 19.3. The Kier molecular flexibility index (Phi) is 5.67.